The number of carbonyl (C=O) groups excluding carboxylic acids is 2. The number of ether oxygens (including phenoxy) is 2. The number of hydrogen-bond donors (Lipinski definition) is 1. The first kappa shape index (κ1) is 19.3. The Kier molecular flexibility index (Phi) is 5.71. The Bertz CT molecular complexity index is 948. The largest absolute Gasteiger partial charge is 0.454 e. The molecule has 1 N–H and O–H groups in total. The molecule has 2 aliphatic rings. The minimum absolute atomic E-state index is 0.160. The number of rotatable bonds is 5. The van der Waals surface area contributed by atoms with Gasteiger partial charge in [0.25, 0.3) is 0 Å². The van der Waals surface area contributed by atoms with Crippen LogP contribution in [0.4, 0.5) is 5.69 Å². The van der Waals surface area contributed by atoms with Gasteiger partial charge in [0, 0.05) is 13.0 Å². The molecule has 1 saturated heterocycles. The summed E-state index contributed by atoms with van der Waals surface area (Å²) < 4.78 is 10.7. The maximum atomic E-state index is 12.8. The summed E-state index contributed by atoms with van der Waals surface area (Å²) >= 11 is 1.30. The number of nitrogens with one attached hydrogen (secondary N) is 1. The second-order valence-corrected chi connectivity index (χ2v) is 7.74. The van der Waals surface area contributed by atoms with Crippen molar-refractivity contribution in [3.8, 4) is 11.5 Å². The fourth-order valence-corrected chi connectivity index (χ4v) is 4.24. The van der Waals surface area contributed by atoms with Gasteiger partial charge in [-0.1, -0.05) is 36.0 Å². The summed E-state index contributed by atoms with van der Waals surface area (Å²) in [5.41, 5.74) is 1.58. The molecule has 2 amide bonds. The number of nitrogens with zero attached hydrogens (tertiary/aromatic N) is 2. The van der Waals surface area contributed by atoms with Crippen LogP contribution in [0.25, 0.3) is 0 Å². The van der Waals surface area contributed by atoms with E-state index in [1.54, 1.807) is 12.1 Å². The molecule has 4 rings (SSSR count). The number of hydrogen-bond acceptors (Lipinski definition) is 6. The smallest absolute Gasteiger partial charge is 0.247 e. The number of thioether (sulfide) groups is 1. The second kappa shape index (κ2) is 8.57. The molecule has 0 aromatic heterocycles. The van der Waals surface area contributed by atoms with Crippen molar-refractivity contribution in [2.45, 2.75) is 25.1 Å². The summed E-state index contributed by atoms with van der Waals surface area (Å²) in [7, 11) is 0. The summed E-state index contributed by atoms with van der Waals surface area (Å²) in [5.74, 6) is 1.05. The molecule has 0 spiro atoms. The molecule has 2 aromatic rings. The molecule has 1 atom stereocenters. The second-order valence-electron chi connectivity index (χ2n) is 6.55. The quantitative estimate of drug-likeness (QED) is 0.463. The van der Waals surface area contributed by atoms with Gasteiger partial charge in [0.1, 0.15) is 5.25 Å². The Morgan fingerprint density at radius 1 is 1.17 bits per heavy atom. The van der Waals surface area contributed by atoms with Crippen LogP contribution < -0.4 is 19.7 Å². The molecule has 0 unspecified atom stereocenters. The van der Waals surface area contributed by atoms with E-state index in [9.17, 15) is 9.59 Å². The number of carbonyl (C=O) groups is 2. The highest BCUT2D eigenvalue weighted by atomic mass is 32.2. The van der Waals surface area contributed by atoms with Gasteiger partial charge >= 0.3 is 0 Å². The third-order valence-corrected chi connectivity index (χ3v) is 5.69. The topological polar surface area (TPSA) is 80.2 Å². The van der Waals surface area contributed by atoms with Gasteiger partial charge in [-0.05, 0) is 36.8 Å². The van der Waals surface area contributed by atoms with Crippen LogP contribution in [-0.4, -0.2) is 35.6 Å². The third kappa shape index (κ3) is 4.22. The van der Waals surface area contributed by atoms with Crippen molar-refractivity contribution in [1.29, 1.82) is 0 Å². The average Bonchev–Trinajstić information content (AvgIpc) is 3.30. The van der Waals surface area contributed by atoms with E-state index in [1.807, 2.05) is 43.3 Å². The first-order valence-electron chi connectivity index (χ1n) is 9.41. The van der Waals surface area contributed by atoms with Crippen molar-refractivity contribution in [3.05, 3.63) is 54.1 Å². The number of aliphatic imine (C=N–C) groups is 1. The number of imide groups is 1. The van der Waals surface area contributed by atoms with E-state index in [0.29, 0.717) is 29.7 Å². The minimum atomic E-state index is -0.489. The Hall–Kier alpha value is -3.00. The van der Waals surface area contributed by atoms with Crippen molar-refractivity contribution >= 4 is 34.4 Å². The average molecular weight is 411 g/mol. The predicted molar refractivity (Wildman–Crippen MR) is 112 cm³/mol. The van der Waals surface area contributed by atoms with Crippen LogP contribution in [0.5, 0.6) is 11.5 Å². The van der Waals surface area contributed by atoms with Gasteiger partial charge in [0.05, 0.1) is 12.2 Å². The molecule has 0 radical (unpaired) electrons. The summed E-state index contributed by atoms with van der Waals surface area (Å²) in [6, 6.07) is 14.7. The molecule has 0 aliphatic carbocycles. The normalized spacial score (nSPS) is 18.4. The Balaban J connectivity index is 1.46. The summed E-state index contributed by atoms with van der Waals surface area (Å²) in [5, 5.41) is 3.35. The first-order chi connectivity index (χ1) is 14.2. The summed E-state index contributed by atoms with van der Waals surface area (Å²) in [6.45, 7) is 3.30. The highest BCUT2D eigenvalue weighted by molar-refractivity contribution is 8.15. The lowest BCUT2D eigenvalue weighted by molar-refractivity contribution is -0.121. The van der Waals surface area contributed by atoms with Crippen molar-refractivity contribution < 1.29 is 19.1 Å². The maximum absolute atomic E-state index is 12.8. The van der Waals surface area contributed by atoms with E-state index in [1.165, 1.54) is 16.7 Å². The van der Waals surface area contributed by atoms with E-state index < -0.39 is 5.25 Å². The van der Waals surface area contributed by atoms with E-state index in [0.717, 1.165) is 11.3 Å². The predicted octanol–water partition coefficient (Wildman–Crippen LogP) is 2.95. The van der Waals surface area contributed by atoms with Gasteiger partial charge in [-0.3, -0.25) is 14.6 Å². The zero-order valence-corrected chi connectivity index (χ0v) is 16.8. The maximum Gasteiger partial charge on any atom is 0.247 e. The van der Waals surface area contributed by atoms with Gasteiger partial charge in [-0.2, -0.15) is 0 Å². The fraction of sp³-hybridized carbons (Fsp3) is 0.286. The lowest BCUT2D eigenvalue weighted by Gasteiger charge is -2.15. The monoisotopic (exact) mass is 411 g/mol. The highest BCUT2D eigenvalue weighted by Crippen LogP contribution is 2.33. The molecule has 0 bridgehead atoms. The molecule has 7 nitrogen and oxygen atoms in total. The molecule has 150 valence electrons. The van der Waals surface area contributed by atoms with E-state index in [2.05, 4.69) is 10.3 Å². The van der Waals surface area contributed by atoms with Gasteiger partial charge in [0.15, 0.2) is 16.7 Å². The highest BCUT2D eigenvalue weighted by Gasteiger charge is 2.40. The van der Waals surface area contributed by atoms with Gasteiger partial charge in [-0.15, -0.1) is 0 Å². The molecule has 1 fully saturated rings. The molecule has 2 heterocycles. The van der Waals surface area contributed by atoms with Crippen LogP contribution in [0, 0.1) is 0 Å². The Labute approximate surface area is 173 Å². The van der Waals surface area contributed by atoms with Gasteiger partial charge < -0.3 is 14.8 Å². The summed E-state index contributed by atoms with van der Waals surface area (Å²) in [6.07, 6.45) is 0.160. The van der Waals surface area contributed by atoms with Crippen molar-refractivity contribution in [2.75, 3.05) is 18.2 Å². The number of amidine groups is 1. The fourth-order valence-electron chi connectivity index (χ4n) is 3.17. The van der Waals surface area contributed by atoms with Gasteiger partial charge in [-0.25, -0.2) is 4.90 Å². The number of fused-ring (bicyclic) bond motifs is 1. The van der Waals surface area contributed by atoms with Crippen molar-refractivity contribution in [2.24, 2.45) is 4.99 Å². The first-order valence-corrected chi connectivity index (χ1v) is 10.3. The van der Waals surface area contributed by atoms with Crippen molar-refractivity contribution in [3.63, 3.8) is 0 Å². The van der Waals surface area contributed by atoms with Crippen LogP contribution in [-0.2, 0) is 16.1 Å². The zero-order valence-electron chi connectivity index (χ0n) is 16.0. The standard InChI is InChI=1S/C21H21N3O4S/c1-2-22-21(23-12-14-8-9-16-17(10-14)28-13-27-16)29-18-11-19(25)24(20(18)26)15-6-4-3-5-7-15/h3-10,18H,2,11-13H2,1H3,(H,22,23)/t18-/m1/s1. The number of para-hydroxylation sites is 1. The van der Waals surface area contributed by atoms with Crippen LogP contribution in [0.1, 0.15) is 18.9 Å². The molecule has 8 heteroatoms. The molecule has 29 heavy (non-hydrogen) atoms. The number of amides is 2. The lowest BCUT2D eigenvalue weighted by Crippen LogP contribution is -2.32. The Morgan fingerprint density at radius 2 is 1.97 bits per heavy atom. The third-order valence-electron chi connectivity index (χ3n) is 4.54. The molecule has 2 aromatic carbocycles. The SMILES string of the molecule is CCNC(=NCc1ccc2c(c1)OCO2)S[C@@H]1CC(=O)N(c2ccccc2)C1=O. The van der Waals surface area contributed by atoms with E-state index in [4.69, 9.17) is 9.47 Å². The van der Waals surface area contributed by atoms with E-state index >= 15 is 0 Å². The molecular formula is C21H21N3O4S. The van der Waals surface area contributed by atoms with E-state index in [-0.39, 0.29) is 25.0 Å². The molecule has 0 saturated carbocycles. The molecular weight excluding hydrogens is 390 g/mol. The lowest BCUT2D eigenvalue weighted by atomic mass is 10.2. The van der Waals surface area contributed by atoms with Crippen LogP contribution in [0.3, 0.4) is 0 Å². The molecule has 2 aliphatic heterocycles. The van der Waals surface area contributed by atoms with Gasteiger partial charge in [0.2, 0.25) is 18.6 Å². The van der Waals surface area contributed by atoms with Crippen molar-refractivity contribution in [1.82, 2.24) is 5.32 Å². The van der Waals surface area contributed by atoms with Crippen LogP contribution >= 0.6 is 11.8 Å². The zero-order chi connectivity index (χ0) is 20.2. The van der Waals surface area contributed by atoms with Crippen LogP contribution in [0.2, 0.25) is 0 Å². The minimum Gasteiger partial charge on any atom is -0.454 e. The Morgan fingerprint density at radius 3 is 2.76 bits per heavy atom. The number of benzene rings is 2. The van der Waals surface area contributed by atoms with Crippen LogP contribution in [0.15, 0.2) is 53.5 Å². The number of anilines is 1. The summed E-state index contributed by atoms with van der Waals surface area (Å²) in [4.78, 5) is 31.1.